The molecule has 2 fully saturated rings. The van der Waals surface area contributed by atoms with Crippen molar-refractivity contribution in [2.45, 2.75) is 96.0 Å². The lowest BCUT2D eigenvalue weighted by molar-refractivity contribution is -0.197. The SMILES string of the molecule is CN(CCCCCC(=O)Nc1ccc(C(C)(C)C)cc1)C[C@H]1O[C@@H](n2cnc3c(N)ncnc32)[C@@H]2OC(C)(C)O[C@@H]21. The quantitative estimate of drug-likeness (QED) is 0.347. The molecule has 3 aromatic rings. The fraction of sp³-hybridized carbons (Fsp3) is 0.600. The highest BCUT2D eigenvalue weighted by Crippen LogP contribution is 2.44. The molecule has 222 valence electrons. The number of likely N-dealkylation sites (N-methyl/N-ethyl adjacent to an activating group) is 1. The van der Waals surface area contributed by atoms with Gasteiger partial charge in [-0.25, -0.2) is 15.0 Å². The number of hydrogen-bond donors (Lipinski definition) is 2. The number of unbranched alkanes of at least 4 members (excludes halogenated alkanes) is 2. The number of anilines is 2. The maximum absolute atomic E-state index is 12.4. The van der Waals surface area contributed by atoms with Gasteiger partial charge in [-0.15, -0.1) is 0 Å². The molecule has 0 spiro atoms. The van der Waals surface area contributed by atoms with Crippen molar-refractivity contribution in [3.63, 3.8) is 0 Å². The molecule has 1 aromatic carbocycles. The van der Waals surface area contributed by atoms with E-state index < -0.39 is 12.0 Å². The summed E-state index contributed by atoms with van der Waals surface area (Å²) < 4.78 is 20.9. The Hall–Kier alpha value is -3.12. The normalized spacial score (nSPS) is 23.8. The van der Waals surface area contributed by atoms with Crippen LogP contribution in [0.4, 0.5) is 11.5 Å². The number of benzene rings is 1. The number of amides is 1. The van der Waals surface area contributed by atoms with E-state index in [1.54, 1.807) is 6.33 Å². The van der Waals surface area contributed by atoms with Crippen LogP contribution in [0, 0.1) is 0 Å². The van der Waals surface area contributed by atoms with Crippen LogP contribution in [-0.4, -0.2) is 74.6 Å². The molecule has 0 aliphatic carbocycles. The van der Waals surface area contributed by atoms with Crippen molar-refractivity contribution in [3.05, 3.63) is 42.5 Å². The Morgan fingerprint density at radius 3 is 2.54 bits per heavy atom. The Kier molecular flexibility index (Phi) is 8.34. The van der Waals surface area contributed by atoms with Crippen molar-refractivity contribution in [1.82, 2.24) is 24.4 Å². The van der Waals surface area contributed by atoms with Crippen LogP contribution in [0.25, 0.3) is 11.2 Å². The van der Waals surface area contributed by atoms with Crippen molar-refractivity contribution in [3.8, 4) is 0 Å². The first kappa shape index (κ1) is 29.4. The zero-order chi connectivity index (χ0) is 29.4. The molecule has 0 radical (unpaired) electrons. The Morgan fingerprint density at radius 1 is 1.07 bits per heavy atom. The van der Waals surface area contributed by atoms with Crippen LogP contribution in [0.15, 0.2) is 36.9 Å². The lowest BCUT2D eigenvalue weighted by Gasteiger charge is -2.27. The van der Waals surface area contributed by atoms with Gasteiger partial charge in [0.1, 0.15) is 30.2 Å². The van der Waals surface area contributed by atoms with Gasteiger partial charge >= 0.3 is 0 Å². The van der Waals surface area contributed by atoms with Gasteiger partial charge in [0.15, 0.2) is 23.5 Å². The van der Waals surface area contributed by atoms with Gasteiger partial charge in [0.05, 0.1) is 6.33 Å². The minimum Gasteiger partial charge on any atom is -0.382 e. The number of aromatic nitrogens is 4. The van der Waals surface area contributed by atoms with Gasteiger partial charge in [0, 0.05) is 18.7 Å². The fourth-order valence-corrected chi connectivity index (χ4v) is 5.61. The molecular weight excluding hydrogens is 522 g/mol. The summed E-state index contributed by atoms with van der Waals surface area (Å²) in [4.78, 5) is 27.5. The number of nitrogens with zero attached hydrogens (tertiary/aromatic N) is 5. The highest BCUT2D eigenvalue weighted by atomic mass is 16.8. The average Bonchev–Trinajstić information content (AvgIpc) is 3.55. The first-order valence-corrected chi connectivity index (χ1v) is 14.4. The van der Waals surface area contributed by atoms with Crippen molar-refractivity contribution < 1.29 is 19.0 Å². The van der Waals surface area contributed by atoms with Crippen LogP contribution in [0.2, 0.25) is 0 Å². The predicted molar refractivity (Wildman–Crippen MR) is 157 cm³/mol. The number of nitrogens with one attached hydrogen (secondary N) is 1. The average molecular weight is 566 g/mol. The van der Waals surface area contributed by atoms with E-state index in [2.05, 4.69) is 65.1 Å². The number of fused-ring (bicyclic) bond motifs is 2. The van der Waals surface area contributed by atoms with Gasteiger partial charge in [-0.2, -0.15) is 0 Å². The number of carbonyl (C=O) groups is 1. The van der Waals surface area contributed by atoms with Crippen LogP contribution in [-0.2, 0) is 24.4 Å². The van der Waals surface area contributed by atoms with Gasteiger partial charge in [0.2, 0.25) is 5.91 Å². The zero-order valence-corrected chi connectivity index (χ0v) is 25.0. The van der Waals surface area contributed by atoms with E-state index in [0.29, 0.717) is 29.9 Å². The highest BCUT2D eigenvalue weighted by molar-refractivity contribution is 5.90. The second kappa shape index (κ2) is 11.6. The molecule has 11 nitrogen and oxygen atoms in total. The monoisotopic (exact) mass is 565 g/mol. The largest absolute Gasteiger partial charge is 0.382 e. The number of hydrogen-bond acceptors (Lipinski definition) is 9. The van der Waals surface area contributed by atoms with Crippen LogP contribution in [0.1, 0.15) is 72.1 Å². The standard InChI is InChI=1S/C30H43N7O4/c1-29(2,3)19-11-13-20(14-12-19)35-22(38)10-8-7-9-15-36(6)16-21-24-25(41-30(4,5)40-24)28(39-21)37-18-34-23-26(31)32-17-33-27(23)37/h11-14,17-18,21,24-25,28H,7-10,15-16H2,1-6H3,(H,35,38)(H2,31,32,33)/t21-,24-,25-,28-/m1/s1. The molecule has 5 rings (SSSR count). The maximum Gasteiger partial charge on any atom is 0.224 e. The summed E-state index contributed by atoms with van der Waals surface area (Å²) in [5, 5.41) is 3.01. The van der Waals surface area contributed by atoms with Crippen LogP contribution in [0.5, 0.6) is 0 Å². The van der Waals surface area contributed by atoms with E-state index in [0.717, 1.165) is 31.5 Å². The Morgan fingerprint density at radius 2 is 1.80 bits per heavy atom. The second-order valence-electron chi connectivity index (χ2n) is 12.7. The maximum atomic E-state index is 12.4. The third-order valence-corrected chi connectivity index (χ3v) is 7.76. The topological polar surface area (TPSA) is 130 Å². The summed E-state index contributed by atoms with van der Waals surface area (Å²) in [6.07, 6.45) is 5.25. The van der Waals surface area contributed by atoms with Crippen LogP contribution < -0.4 is 11.1 Å². The Labute approximate surface area is 241 Å². The van der Waals surface area contributed by atoms with E-state index in [4.69, 9.17) is 19.9 Å². The number of nitrogens with two attached hydrogens (primary N) is 1. The molecule has 2 saturated heterocycles. The molecule has 2 aromatic heterocycles. The lowest BCUT2D eigenvalue weighted by atomic mass is 9.87. The molecule has 4 heterocycles. The number of nitrogen functional groups attached to an aromatic ring is 1. The van der Waals surface area contributed by atoms with Crippen molar-refractivity contribution >= 4 is 28.6 Å². The summed E-state index contributed by atoms with van der Waals surface area (Å²) >= 11 is 0. The van der Waals surface area contributed by atoms with Gasteiger partial charge in [-0.3, -0.25) is 9.36 Å². The Balaban J connectivity index is 1.09. The summed E-state index contributed by atoms with van der Waals surface area (Å²) in [6, 6.07) is 8.11. The van der Waals surface area contributed by atoms with Gasteiger partial charge in [0.25, 0.3) is 0 Å². The molecular formula is C30H43N7O4. The molecule has 0 unspecified atom stereocenters. The molecule has 0 saturated carbocycles. The first-order chi connectivity index (χ1) is 19.4. The smallest absolute Gasteiger partial charge is 0.224 e. The fourth-order valence-electron chi connectivity index (χ4n) is 5.61. The van der Waals surface area contributed by atoms with Crippen LogP contribution in [0.3, 0.4) is 0 Å². The van der Waals surface area contributed by atoms with E-state index in [9.17, 15) is 4.79 Å². The van der Waals surface area contributed by atoms with E-state index >= 15 is 0 Å². The highest BCUT2D eigenvalue weighted by Gasteiger charge is 2.56. The summed E-state index contributed by atoms with van der Waals surface area (Å²) in [7, 11) is 2.08. The van der Waals surface area contributed by atoms with Crippen molar-refractivity contribution in [2.24, 2.45) is 0 Å². The van der Waals surface area contributed by atoms with Crippen molar-refractivity contribution in [1.29, 1.82) is 0 Å². The number of imidazole rings is 1. The molecule has 41 heavy (non-hydrogen) atoms. The third kappa shape index (κ3) is 6.69. The summed E-state index contributed by atoms with van der Waals surface area (Å²) in [6.45, 7) is 12.0. The minimum absolute atomic E-state index is 0.0540. The molecule has 11 heteroatoms. The third-order valence-electron chi connectivity index (χ3n) is 7.76. The van der Waals surface area contributed by atoms with Crippen LogP contribution >= 0.6 is 0 Å². The molecule has 3 N–H and O–H groups in total. The van der Waals surface area contributed by atoms with E-state index in [1.807, 2.05) is 30.5 Å². The lowest BCUT2D eigenvalue weighted by Crippen LogP contribution is -2.38. The van der Waals surface area contributed by atoms with Gasteiger partial charge < -0.3 is 30.2 Å². The van der Waals surface area contributed by atoms with Crippen molar-refractivity contribution in [2.75, 3.05) is 31.2 Å². The second-order valence-corrected chi connectivity index (χ2v) is 12.7. The molecule has 2 aliphatic rings. The molecule has 4 atom stereocenters. The first-order valence-electron chi connectivity index (χ1n) is 14.4. The Bertz CT molecular complexity index is 1350. The molecule has 0 bridgehead atoms. The summed E-state index contributed by atoms with van der Waals surface area (Å²) in [5.74, 6) is -0.331. The summed E-state index contributed by atoms with van der Waals surface area (Å²) in [5.41, 5.74) is 9.33. The molecule has 1 amide bonds. The zero-order valence-electron chi connectivity index (χ0n) is 25.0. The van der Waals surface area contributed by atoms with Gasteiger partial charge in [-0.1, -0.05) is 39.3 Å². The van der Waals surface area contributed by atoms with E-state index in [-0.39, 0.29) is 29.6 Å². The number of ether oxygens (including phenoxy) is 3. The number of rotatable bonds is 10. The molecule has 2 aliphatic heterocycles. The number of carbonyl (C=O) groups excluding carboxylic acids is 1. The minimum atomic E-state index is -0.714. The predicted octanol–water partition coefficient (Wildman–Crippen LogP) is 4.25. The van der Waals surface area contributed by atoms with E-state index in [1.165, 1.54) is 11.9 Å². The van der Waals surface area contributed by atoms with Gasteiger partial charge in [-0.05, 0) is 63.4 Å².